The second-order valence-electron chi connectivity index (χ2n) is 4.27. The Labute approximate surface area is 126 Å². The Hall–Kier alpha value is -0.330. The molecule has 0 aliphatic heterocycles. The zero-order chi connectivity index (χ0) is 13.8. The Morgan fingerprint density at radius 2 is 2.05 bits per heavy atom. The van der Waals surface area contributed by atoms with Gasteiger partial charge in [-0.2, -0.15) is 0 Å². The highest BCUT2D eigenvalue weighted by Crippen LogP contribution is 2.23. The van der Waals surface area contributed by atoms with Crippen molar-refractivity contribution < 1.29 is 8.42 Å². The molecule has 0 bridgehead atoms. The zero-order valence-corrected chi connectivity index (χ0v) is 13.4. The molecule has 0 amide bonds. The van der Waals surface area contributed by atoms with Crippen LogP contribution in [0, 0.1) is 0 Å². The lowest BCUT2D eigenvalue weighted by molar-refractivity contribution is 0.562. The van der Waals surface area contributed by atoms with Gasteiger partial charge >= 0.3 is 0 Å². The molecular formula is C12H20Cl2N2O2S. The number of hydrogen-bond acceptors (Lipinski definition) is 3. The molecule has 3 N–H and O–H groups in total. The topological polar surface area (TPSA) is 72.2 Å². The van der Waals surface area contributed by atoms with Gasteiger partial charge in [-0.05, 0) is 31.0 Å². The molecule has 0 aliphatic carbocycles. The van der Waals surface area contributed by atoms with Crippen molar-refractivity contribution in [1.82, 2.24) is 4.72 Å². The van der Waals surface area contributed by atoms with Crippen molar-refractivity contribution in [2.45, 2.75) is 37.6 Å². The van der Waals surface area contributed by atoms with E-state index in [1.807, 2.05) is 13.0 Å². The van der Waals surface area contributed by atoms with E-state index in [1.165, 1.54) is 0 Å². The van der Waals surface area contributed by atoms with E-state index in [1.54, 1.807) is 19.1 Å². The summed E-state index contributed by atoms with van der Waals surface area (Å²) in [4.78, 5) is 0.121. The van der Waals surface area contributed by atoms with Crippen LogP contribution in [0.2, 0.25) is 5.02 Å². The molecule has 0 radical (unpaired) electrons. The fraction of sp³-hybridized carbons (Fsp3) is 0.500. The van der Waals surface area contributed by atoms with Gasteiger partial charge in [0, 0.05) is 12.6 Å². The molecule has 0 saturated heterocycles. The fourth-order valence-electron chi connectivity index (χ4n) is 1.57. The van der Waals surface area contributed by atoms with Crippen LogP contribution in [0.5, 0.6) is 0 Å². The fourth-order valence-corrected chi connectivity index (χ4v) is 3.38. The molecule has 110 valence electrons. The molecule has 1 aromatic rings. The predicted octanol–water partition coefficient (Wildman–Crippen LogP) is 2.34. The lowest BCUT2D eigenvalue weighted by atomic mass is 10.1. The summed E-state index contributed by atoms with van der Waals surface area (Å²) in [5.74, 6) is 0. The monoisotopic (exact) mass is 326 g/mol. The highest BCUT2D eigenvalue weighted by atomic mass is 35.5. The second kappa shape index (κ2) is 8.07. The average Bonchev–Trinajstić information content (AvgIpc) is 2.31. The van der Waals surface area contributed by atoms with Gasteiger partial charge in [0.05, 0.1) is 5.02 Å². The van der Waals surface area contributed by atoms with E-state index in [4.69, 9.17) is 17.3 Å². The van der Waals surface area contributed by atoms with Gasteiger partial charge in [0.15, 0.2) is 0 Å². The standard InChI is InChI=1S/C12H19ClN2O2S.ClH/c1-3-4-10-5-6-11(13)12(7-10)18(16,17)15-9(2)8-14;/h5-7,9,15H,3-4,8,14H2,1-2H3;1H/t9-;/m0./s1. The molecule has 4 nitrogen and oxygen atoms in total. The van der Waals surface area contributed by atoms with E-state index in [0.29, 0.717) is 0 Å². The molecule has 19 heavy (non-hydrogen) atoms. The molecule has 0 fully saturated rings. The lowest BCUT2D eigenvalue weighted by Crippen LogP contribution is -2.37. The van der Waals surface area contributed by atoms with Crippen molar-refractivity contribution in [3.8, 4) is 0 Å². The van der Waals surface area contributed by atoms with Gasteiger partial charge in [-0.25, -0.2) is 13.1 Å². The van der Waals surface area contributed by atoms with Crippen molar-refractivity contribution in [2.24, 2.45) is 5.73 Å². The van der Waals surface area contributed by atoms with Crippen molar-refractivity contribution in [2.75, 3.05) is 6.54 Å². The molecular weight excluding hydrogens is 307 g/mol. The number of rotatable bonds is 6. The minimum absolute atomic E-state index is 0. The van der Waals surface area contributed by atoms with Crippen LogP contribution in [-0.2, 0) is 16.4 Å². The normalized spacial score (nSPS) is 12.8. The van der Waals surface area contributed by atoms with Gasteiger partial charge in [-0.1, -0.05) is 31.0 Å². The Morgan fingerprint density at radius 1 is 1.42 bits per heavy atom. The maximum absolute atomic E-state index is 12.1. The van der Waals surface area contributed by atoms with Gasteiger partial charge in [-0.15, -0.1) is 12.4 Å². The number of halogens is 2. The Balaban J connectivity index is 0.00000324. The van der Waals surface area contributed by atoms with Crippen LogP contribution in [0.15, 0.2) is 23.1 Å². The summed E-state index contributed by atoms with van der Waals surface area (Å²) in [7, 11) is -3.61. The van der Waals surface area contributed by atoms with Crippen molar-refractivity contribution in [1.29, 1.82) is 0 Å². The van der Waals surface area contributed by atoms with Crippen LogP contribution < -0.4 is 10.5 Å². The molecule has 1 aromatic carbocycles. The lowest BCUT2D eigenvalue weighted by Gasteiger charge is -2.13. The van der Waals surface area contributed by atoms with Crippen molar-refractivity contribution in [3.05, 3.63) is 28.8 Å². The molecule has 0 saturated carbocycles. The molecule has 7 heteroatoms. The van der Waals surface area contributed by atoms with Crippen LogP contribution in [0.3, 0.4) is 0 Å². The van der Waals surface area contributed by atoms with Crippen molar-refractivity contribution in [3.63, 3.8) is 0 Å². The van der Waals surface area contributed by atoms with E-state index < -0.39 is 10.0 Å². The third kappa shape index (κ3) is 5.28. The van der Waals surface area contributed by atoms with Gasteiger partial charge in [0.2, 0.25) is 10.0 Å². The summed E-state index contributed by atoms with van der Waals surface area (Å²) in [6.07, 6.45) is 1.78. The Morgan fingerprint density at radius 3 is 2.58 bits per heavy atom. The first-order valence-electron chi connectivity index (χ1n) is 5.91. The van der Waals surface area contributed by atoms with Crippen LogP contribution in [0.1, 0.15) is 25.8 Å². The average molecular weight is 327 g/mol. The van der Waals surface area contributed by atoms with Crippen LogP contribution in [0.4, 0.5) is 0 Å². The quantitative estimate of drug-likeness (QED) is 0.842. The molecule has 1 atom stereocenters. The summed E-state index contributed by atoms with van der Waals surface area (Å²) < 4.78 is 26.8. The minimum atomic E-state index is -3.61. The van der Waals surface area contributed by atoms with E-state index >= 15 is 0 Å². The first-order chi connectivity index (χ1) is 8.40. The van der Waals surface area contributed by atoms with E-state index in [0.717, 1.165) is 18.4 Å². The minimum Gasteiger partial charge on any atom is -0.329 e. The molecule has 0 aromatic heterocycles. The summed E-state index contributed by atoms with van der Waals surface area (Å²) in [5.41, 5.74) is 6.37. The summed E-state index contributed by atoms with van der Waals surface area (Å²) in [6.45, 7) is 3.99. The van der Waals surface area contributed by atoms with E-state index in [-0.39, 0.29) is 34.9 Å². The Kier molecular flexibility index (Phi) is 7.93. The first-order valence-corrected chi connectivity index (χ1v) is 7.77. The first kappa shape index (κ1) is 18.7. The Bertz CT molecular complexity index is 506. The summed E-state index contributed by atoms with van der Waals surface area (Å²) in [5, 5.41) is 0.228. The smallest absolute Gasteiger partial charge is 0.242 e. The number of aryl methyl sites for hydroxylation is 1. The van der Waals surface area contributed by atoms with Gasteiger partial charge in [0.1, 0.15) is 4.90 Å². The SMILES string of the molecule is CCCc1ccc(Cl)c(S(=O)(=O)N[C@@H](C)CN)c1.Cl. The van der Waals surface area contributed by atoms with Gasteiger partial charge in [0.25, 0.3) is 0 Å². The third-order valence-electron chi connectivity index (χ3n) is 2.53. The highest BCUT2D eigenvalue weighted by Gasteiger charge is 2.20. The highest BCUT2D eigenvalue weighted by molar-refractivity contribution is 7.89. The number of benzene rings is 1. The summed E-state index contributed by atoms with van der Waals surface area (Å²) in [6, 6.07) is 4.77. The van der Waals surface area contributed by atoms with Gasteiger partial charge < -0.3 is 5.73 Å². The zero-order valence-electron chi connectivity index (χ0n) is 11.0. The number of hydrogen-bond donors (Lipinski definition) is 2. The van der Waals surface area contributed by atoms with Crippen molar-refractivity contribution >= 4 is 34.0 Å². The predicted molar refractivity (Wildman–Crippen MR) is 81.5 cm³/mol. The van der Waals surface area contributed by atoms with Crippen LogP contribution in [-0.4, -0.2) is 21.0 Å². The number of nitrogens with two attached hydrogens (primary N) is 1. The number of sulfonamides is 1. The largest absolute Gasteiger partial charge is 0.329 e. The third-order valence-corrected chi connectivity index (χ3v) is 4.60. The summed E-state index contributed by atoms with van der Waals surface area (Å²) >= 11 is 5.96. The molecule has 0 aliphatic rings. The van der Waals surface area contributed by atoms with Crippen LogP contribution >= 0.6 is 24.0 Å². The molecule has 0 spiro atoms. The maximum Gasteiger partial charge on any atom is 0.242 e. The van der Waals surface area contributed by atoms with Crippen LogP contribution in [0.25, 0.3) is 0 Å². The van der Waals surface area contributed by atoms with Gasteiger partial charge in [-0.3, -0.25) is 0 Å². The number of nitrogens with one attached hydrogen (secondary N) is 1. The molecule has 0 unspecified atom stereocenters. The molecule has 0 heterocycles. The second-order valence-corrected chi connectivity index (χ2v) is 6.36. The van der Waals surface area contributed by atoms with E-state index in [2.05, 4.69) is 4.72 Å². The maximum atomic E-state index is 12.1. The molecule has 1 rings (SSSR count). The van der Waals surface area contributed by atoms with E-state index in [9.17, 15) is 8.42 Å².